The van der Waals surface area contributed by atoms with Crippen LogP contribution in [-0.4, -0.2) is 13.1 Å². The summed E-state index contributed by atoms with van der Waals surface area (Å²) in [5.74, 6) is -0.913. The van der Waals surface area contributed by atoms with E-state index in [-0.39, 0.29) is 5.56 Å². The van der Waals surface area contributed by atoms with Gasteiger partial charge >= 0.3 is 0 Å². The van der Waals surface area contributed by atoms with Crippen molar-refractivity contribution in [2.24, 2.45) is 0 Å². The zero-order valence-corrected chi connectivity index (χ0v) is 7.48. The quantitative estimate of drug-likeness (QED) is 0.646. The SMILES string of the molecule is Cc1c(F)cc(N2CCC2)cc1F. The lowest BCUT2D eigenvalue weighted by atomic mass is 10.1. The Morgan fingerprint density at radius 1 is 1.15 bits per heavy atom. The van der Waals surface area contributed by atoms with E-state index >= 15 is 0 Å². The molecule has 1 aliphatic rings. The summed E-state index contributed by atoms with van der Waals surface area (Å²) >= 11 is 0. The van der Waals surface area contributed by atoms with Gasteiger partial charge in [-0.2, -0.15) is 0 Å². The second-order valence-electron chi connectivity index (χ2n) is 3.38. The molecule has 0 N–H and O–H groups in total. The Morgan fingerprint density at radius 3 is 2.08 bits per heavy atom. The number of nitrogens with zero attached hydrogens (tertiary/aromatic N) is 1. The molecule has 1 nitrogen and oxygen atoms in total. The van der Waals surface area contributed by atoms with Gasteiger partial charge in [-0.15, -0.1) is 0 Å². The van der Waals surface area contributed by atoms with E-state index in [0.29, 0.717) is 5.69 Å². The van der Waals surface area contributed by atoms with Gasteiger partial charge in [-0.05, 0) is 25.5 Å². The number of hydrogen-bond acceptors (Lipinski definition) is 1. The highest BCUT2D eigenvalue weighted by Gasteiger charge is 2.17. The third-order valence-electron chi connectivity index (χ3n) is 2.49. The zero-order chi connectivity index (χ0) is 9.42. The van der Waals surface area contributed by atoms with Crippen LogP contribution >= 0.6 is 0 Å². The number of anilines is 1. The van der Waals surface area contributed by atoms with Crippen molar-refractivity contribution in [2.45, 2.75) is 13.3 Å². The number of hydrogen-bond donors (Lipinski definition) is 0. The van der Waals surface area contributed by atoms with Crippen LogP contribution in [0.2, 0.25) is 0 Å². The minimum Gasteiger partial charge on any atom is -0.371 e. The van der Waals surface area contributed by atoms with Crippen molar-refractivity contribution in [2.75, 3.05) is 18.0 Å². The van der Waals surface area contributed by atoms with Crippen LogP contribution in [0.1, 0.15) is 12.0 Å². The van der Waals surface area contributed by atoms with Gasteiger partial charge in [-0.3, -0.25) is 0 Å². The van der Waals surface area contributed by atoms with E-state index in [4.69, 9.17) is 0 Å². The average Bonchev–Trinajstić information content (AvgIpc) is 1.96. The Kier molecular flexibility index (Phi) is 1.94. The zero-order valence-electron chi connectivity index (χ0n) is 7.48. The molecule has 70 valence electrons. The van der Waals surface area contributed by atoms with Gasteiger partial charge in [-0.1, -0.05) is 0 Å². The predicted molar refractivity (Wildman–Crippen MR) is 47.9 cm³/mol. The van der Waals surface area contributed by atoms with Crippen molar-refractivity contribution >= 4 is 5.69 Å². The molecule has 0 atom stereocenters. The first-order valence-corrected chi connectivity index (χ1v) is 4.39. The maximum Gasteiger partial charge on any atom is 0.131 e. The second kappa shape index (κ2) is 2.98. The topological polar surface area (TPSA) is 3.24 Å². The van der Waals surface area contributed by atoms with Crippen LogP contribution in [0.4, 0.5) is 14.5 Å². The van der Waals surface area contributed by atoms with Crippen LogP contribution in [-0.2, 0) is 0 Å². The van der Waals surface area contributed by atoms with E-state index in [1.54, 1.807) is 0 Å². The molecule has 0 radical (unpaired) electrons. The number of benzene rings is 1. The number of halogens is 2. The lowest BCUT2D eigenvalue weighted by molar-refractivity contribution is 0.559. The molecule has 0 spiro atoms. The maximum absolute atomic E-state index is 13.1. The molecule has 2 rings (SSSR count). The largest absolute Gasteiger partial charge is 0.371 e. The summed E-state index contributed by atoms with van der Waals surface area (Å²) < 4.78 is 26.2. The van der Waals surface area contributed by atoms with Crippen LogP contribution in [0, 0.1) is 18.6 Å². The molecule has 0 amide bonds. The van der Waals surface area contributed by atoms with Crippen LogP contribution in [0.25, 0.3) is 0 Å². The second-order valence-corrected chi connectivity index (χ2v) is 3.38. The van der Waals surface area contributed by atoms with Gasteiger partial charge in [0.25, 0.3) is 0 Å². The van der Waals surface area contributed by atoms with Gasteiger partial charge in [0.05, 0.1) is 0 Å². The maximum atomic E-state index is 13.1. The lowest BCUT2D eigenvalue weighted by Gasteiger charge is -2.33. The van der Waals surface area contributed by atoms with Gasteiger partial charge in [0.2, 0.25) is 0 Å². The van der Waals surface area contributed by atoms with Gasteiger partial charge in [0.15, 0.2) is 0 Å². The Balaban J connectivity index is 2.37. The highest BCUT2D eigenvalue weighted by atomic mass is 19.1. The Hall–Kier alpha value is -1.12. The van der Waals surface area contributed by atoms with Gasteiger partial charge < -0.3 is 4.90 Å². The fourth-order valence-electron chi connectivity index (χ4n) is 1.39. The van der Waals surface area contributed by atoms with Crippen molar-refractivity contribution in [1.82, 2.24) is 0 Å². The summed E-state index contributed by atoms with van der Waals surface area (Å²) in [6.07, 6.45) is 1.11. The molecule has 0 unspecified atom stereocenters. The van der Waals surface area contributed by atoms with Crippen LogP contribution in [0.3, 0.4) is 0 Å². The fraction of sp³-hybridized carbons (Fsp3) is 0.400. The van der Waals surface area contributed by atoms with Gasteiger partial charge in [-0.25, -0.2) is 8.78 Å². The summed E-state index contributed by atoms with van der Waals surface area (Å²) in [5, 5.41) is 0. The Labute approximate surface area is 76.0 Å². The van der Waals surface area contributed by atoms with Crippen molar-refractivity contribution in [1.29, 1.82) is 0 Å². The third-order valence-corrected chi connectivity index (χ3v) is 2.49. The molecule has 0 bridgehead atoms. The molecule has 1 aromatic rings. The van der Waals surface area contributed by atoms with Crippen LogP contribution in [0.5, 0.6) is 0 Å². The molecule has 1 fully saturated rings. The summed E-state index contributed by atoms with van der Waals surface area (Å²) in [5.41, 5.74) is 0.760. The summed E-state index contributed by atoms with van der Waals surface area (Å²) in [7, 11) is 0. The van der Waals surface area contributed by atoms with E-state index in [2.05, 4.69) is 0 Å². The first-order chi connectivity index (χ1) is 6.18. The minimum absolute atomic E-state index is 0.101. The monoisotopic (exact) mass is 183 g/mol. The van der Waals surface area contributed by atoms with E-state index in [1.807, 2.05) is 4.90 Å². The minimum atomic E-state index is -0.457. The Bertz CT molecular complexity index is 309. The molecule has 1 aliphatic heterocycles. The van der Waals surface area contributed by atoms with Crippen molar-refractivity contribution in [3.05, 3.63) is 29.3 Å². The summed E-state index contributed by atoms with van der Waals surface area (Å²) in [6, 6.07) is 2.80. The molecule has 13 heavy (non-hydrogen) atoms. The van der Waals surface area contributed by atoms with Crippen LogP contribution in [0.15, 0.2) is 12.1 Å². The summed E-state index contributed by atoms with van der Waals surface area (Å²) in [6.45, 7) is 3.26. The lowest BCUT2D eigenvalue weighted by Crippen LogP contribution is -2.37. The molecule has 0 aliphatic carbocycles. The summed E-state index contributed by atoms with van der Waals surface area (Å²) in [4.78, 5) is 1.96. The fourth-order valence-corrected chi connectivity index (χ4v) is 1.39. The molecule has 3 heteroatoms. The molecule has 1 heterocycles. The predicted octanol–water partition coefficient (Wildman–Crippen LogP) is 2.48. The van der Waals surface area contributed by atoms with Gasteiger partial charge in [0, 0.05) is 24.3 Å². The van der Waals surface area contributed by atoms with Crippen LogP contribution < -0.4 is 4.90 Å². The first kappa shape index (κ1) is 8.48. The Morgan fingerprint density at radius 2 is 1.69 bits per heavy atom. The molecule has 0 aromatic heterocycles. The third kappa shape index (κ3) is 1.39. The molecular formula is C10H11F2N. The normalized spacial score (nSPS) is 15.8. The molecule has 1 aromatic carbocycles. The molecule has 1 saturated heterocycles. The van der Waals surface area contributed by atoms with Crippen molar-refractivity contribution in [3.8, 4) is 0 Å². The van der Waals surface area contributed by atoms with E-state index in [1.165, 1.54) is 19.1 Å². The van der Waals surface area contributed by atoms with Crippen molar-refractivity contribution in [3.63, 3.8) is 0 Å². The standard InChI is InChI=1S/C10H11F2N/c1-7-9(11)5-8(6-10(7)12)13-3-2-4-13/h5-6H,2-4H2,1H3. The van der Waals surface area contributed by atoms with E-state index < -0.39 is 11.6 Å². The van der Waals surface area contributed by atoms with Gasteiger partial charge in [0.1, 0.15) is 11.6 Å². The first-order valence-electron chi connectivity index (χ1n) is 4.39. The van der Waals surface area contributed by atoms with E-state index in [9.17, 15) is 8.78 Å². The average molecular weight is 183 g/mol. The smallest absolute Gasteiger partial charge is 0.131 e. The highest BCUT2D eigenvalue weighted by Crippen LogP contribution is 2.24. The number of rotatable bonds is 1. The molecular weight excluding hydrogens is 172 g/mol. The van der Waals surface area contributed by atoms with Crippen molar-refractivity contribution < 1.29 is 8.78 Å². The molecule has 0 saturated carbocycles. The van der Waals surface area contributed by atoms with E-state index in [0.717, 1.165) is 19.5 Å². The highest BCUT2D eigenvalue weighted by molar-refractivity contribution is 5.50.